The summed E-state index contributed by atoms with van der Waals surface area (Å²) in [7, 11) is 0. The number of halogens is 1. The minimum Gasteiger partial charge on any atom is -0.505 e. The van der Waals surface area contributed by atoms with Gasteiger partial charge < -0.3 is 19.7 Å². The number of phenols is 1. The van der Waals surface area contributed by atoms with E-state index in [4.69, 9.17) is 14.6 Å². The van der Waals surface area contributed by atoms with Gasteiger partial charge in [-0.05, 0) is 54.8 Å². The summed E-state index contributed by atoms with van der Waals surface area (Å²) in [5.74, 6) is -2.01. The van der Waals surface area contributed by atoms with Gasteiger partial charge in [-0.15, -0.1) is 0 Å². The molecule has 0 heterocycles. The Balaban J connectivity index is 1.90. The minimum absolute atomic E-state index is 0.254. The molecule has 0 aliphatic rings. The van der Waals surface area contributed by atoms with Crippen LogP contribution >= 0.6 is 0 Å². The standard InChI is InChI=1S/C26H24FNO6/c27-21-17-18(15-16-22(21)29)25(34-26(32)28-19-9-3-1-4-10-19)23(13-7-8-14-24(30)31)33-20-11-5-2-6-12-20/h1-6,8-12,14-17,23,25,29H,7,13H2,(H,28,32)(H,30,31)/b14-8+/t23-,25-/m1/s1. The van der Waals surface area contributed by atoms with Gasteiger partial charge in [0.05, 0.1) is 0 Å². The van der Waals surface area contributed by atoms with E-state index in [2.05, 4.69) is 5.32 Å². The molecule has 8 heteroatoms. The molecule has 3 N–H and O–H groups in total. The molecule has 0 aliphatic heterocycles. The van der Waals surface area contributed by atoms with E-state index in [-0.39, 0.29) is 12.0 Å². The monoisotopic (exact) mass is 465 g/mol. The molecule has 0 spiro atoms. The number of carbonyl (C=O) groups excluding carboxylic acids is 1. The number of aliphatic carboxylic acids is 1. The molecule has 1 amide bonds. The number of aromatic hydroxyl groups is 1. The van der Waals surface area contributed by atoms with E-state index in [0.29, 0.717) is 17.9 Å². The molecule has 0 bridgehead atoms. The van der Waals surface area contributed by atoms with Crippen molar-refractivity contribution in [2.45, 2.75) is 25.0 Å². The van der Waals surface area contributed by atoms with E-state index in [0.717, 1.165) is 12.1 Å². The summed E-state index contributed by atoms with van der Waals surface area (Å²) in [6.07, 6.45) is 0.366. The summed E-state index contributed by atoms with van der Waals surface area (Å²) >= 11 is 0. The van der Waals surface area contributed by atoms with Crippen LogP contribution in [-0.2, 0) is 9.53 Å². The number of amides is 1. The van der Waals surface area contributed by atoms with Gasteiger partial charge >= 0.3 is 12.1 Å². The fraction of sp³-hybridized carbons (Fsp3) is 0.154. The Morgan fingerprint density at radius 3 is 2.32 bits per heavy atom. The molecule has 34 heavy (non-hydrogen) atoms. The number of carbonyl (C=O) groups is 2. The van der Waals surface area contributed by atoms with Crippen LogP contribution in [0.1, 0.15) is 24.5 Å². The Bertz CT molecular complexity index is 1120. The molecule has 0 fully saturated rings. The summed E-state index contributed by atoms with van der Waals surface area (Å²) in [4.78, 5) is 23.5. The SMILES string of the molecule is O=C(O)/C=C/CC[C@@H](Oc1ccccc1)[C@H](OC(=O)Nc1ccccc1)c1ccc(O)c(F)c1. The average Bonchev–Trinajstić information content (AvgIpc) is 2.82. The molecule has 0 unspecified atom stereocenters. The van der Waals surface area contributed by atoms with Crippen molar-refractivity contribution in [3.05, 3.63) is 102 Å². The molecular formula is C26H24FNO6. The maximum atomic E-state index is 14.2. The Labute approximate surface area is 196 Å². The number of rotatable bonds is 10. The van der Waals surface area contributed by atoms with Crippen LogP contribution in [0.5, 0.6) is 11.5 Å². The maximum absolute atomic E-state index is 14.2. The van der Waals surface area contributed by atoms with Gasteiger partial charge in [0.2, 0.25) is 0 Å². The number of nitrogens with one attached hydrogen (secondary N) is 1. The number of anilines is 1. The minimum atomic E-state index is -1.09. The van der Waals surface area contributed by atoms with Crippen LogP contribution < -0.4 is 10.1 Å². The first-order valence-corrected chi connectivity index (χ1v) is 10.5. The smallest absolute Gasteiger partial charge is 0.412 e. The first kappa shape index (κ1) is 24.3. The first-order valence-electron chi connectivity index (χ1n) is 10.5. The van der Waals surface area contributed by atoms with E-state index in [1.165, 1.54) is 18.2 Å². The molecule has 3 aromatic rings. The second-order valence-corrected chi connectivity index (χ2v) is 7.32. The van der Waals surface area contributed by atoms with Crippen LogP contribution in [0.25, 0.3) is 0 Å². The van der Waals surface area contributed by atoms with E-state index < -0.39 is 35.8 Å². The maximum Gasteiger partial charge on any atom is 0.412 e. The van der Waals surface area contributed by atoms with Gasteiger partial charge in [-0.1, -0.05) is 48.5 Å². The highest BCUT2D eigenvalue weighted by Crippen LogP contribution is 2.31. The normalized spacial score (nSPS) is 12.6. The van der Waals surface area contributed by atoms with Crippen molar-refractivity contribution in [3.63, 3.8) is 0 Å². The molecule has 2 atom stereocenters. The molecule has 0 aromatic heterocycles. The highest BCUT2D eigenvalue weighted by atomic mass is 19.1. The van der Waals surface area contributed by atoms with Gasteiger partial charge in [-0.25, -0.2) is 14.0 Å². The third-order valence-corrected chi connectivity index (χ3v) is 4.80. The van der Waals surface area contributed by atoms with Gasteiger partial charge in [0.15, 0.2) is 17.7 Å². The van der Waals surface area contributed by atoms with E-state index in [1.54, 1.807) is 54.6 Å². The second-order valence-electron chi connectivity index (χ2n) is 7.32. The van der Waals surface area contributed by atoms with Crippen LogP contribution in [0.4, 0.5) is 14.9 Å². The number of hydrogen-bond donors (Lipinski definition) is 3. The van der Waals surface area contributed by atoms with Crippen LogP contribution in [0, 0.1) is 5.82 Å². The number of benzene rings is 3. The zero-order chi connectivity index (χ0) is 24.3. The Morgan fingerprint density at radius 1 is 1.00 bits per heavy atom. The molecule has 3 rings (SSSR count). The summed E-state index contributed by atoms with van der Waals surface area (Å²) < 4.78 is 26.0. The van der Waals surface area contributed by atoms with Gasteiger partial charge in [-0.3, -0.25) is 5.32 Å². The van der Waals surface area contributed by atoms with Crippen molar-refractivity contribution in [2.24, 2.45) is 0 Å². The van der Waals surface area contributed by atoms with Crippen molar-refractivity contribution in [2.75, 3.05) is 5.32 Å². The lowest BCUT2D eigenvalue weighted by atomic mass is 9.99. The molecule has 0 radical (unpaired) electrons. The third kappa shape index (κ3) is 7.37. The van der Waals surface area contributed by atoms with Crippen LogP contribution in [-0.4, -0.2) is 28.4 Å². The van der Waals surface area contributed by atoms with Crippen molar-refractivity contribution >= 4 is 17.7 Å². The number of allylic oxidation sites excluding steroid dienone is 1. The van der Waals surface area contributed by atoms with Gasteiger partial charge in [0.25, 0.3) is 0 Å². The summed E-state index contributed by atoms with van der Waals surface area (Å²) in [6, 6.07) is 21.1. The fourth-order valence-corrected chi connectivity index (χ4v) is 3.23. The molecule has 0 aliphatic carbocycles. The van der Waals surface area contributed by atoms with Crippen molar-refractivity contribution in [1.29, 1.82) is 0 Å². The number of para-hydroxylation sites is 2. The molecule has 7 nitrogen and oxygen atoms in total. The molecular weight excluding hydrogens is 441 g/mol. The predicted molar refractivity (Wildman–Crippen MR) is 124 cm³/mol. The molecule has 176 valence electrons. The molecule has 3 aromatic carbocycles. The average molecular weight is 465 g/mol. The van der Waals surface area contributed by atoms with Crippen LogP contribution in [0.15, 0.2) is 91.0 Å². The zero-order valence-electron chi connectivity index (χ0n) is 18.1. The Kier molecular flexibility index (Phi) is 8.62. The van der Waals surface area contributed by atoms with Crippen LogP contribution in [0.3, 0.4) is 0 Å². The van der Waals surface area contributed by atoms with Gasteiger partial charge in [0, 0.05) is 11.8 Å². The molecule has 0 saturated carbocycles. The fourth-order valence-electron chi connectivity index (χ4n) is 3.23. The zero-order valence-corrected chi connectivity index (χ0v) is 18.1. The second kappa shape index (κ2) is 12.1. The van der Waals surface area contributed by atoms with E-state index >= 15 is 0 Å². The highest BCUT2D eigenvalue weighted by molar-refractivity contribution is 5.84. The van der Waals surface area contributed by atoms with Crippen molar-refractivity contribution in [1.82, 2.24) is 0 Å². The lowest BCUT2D eigenvalue weighted by molar-refractivity contribution is -0.131. The lowest BCUT2D eigenvalue weighted by Crippen LogP contribution is -2.31. The quantitative estimate of drug-likeness (QED) is 0.332. The summed E-state index contributed by atoms with van der Waals surface area (Å²) in [5.41, 5.74) is 0.773. The van der Waals surface area contributed by atoms with Gasteiger partial charge in [0.1, 0.15) is 11.9 Å². The number of carboxylic acid groups (broad SMARTS) is 1. The summed E-state index contributed by atoms with van der Waals surface area (Å²) in [5, 5.41) is 21.1. The number of carboxylic acids is 1. The largest absolute Gasteiger partial charge is 0.505 e. The summed E-state index contributed by atoms with van der Waals surface area (Å²) in [6.45, 7) is 0. The van der Waals surface area contributed by atoms with E-state index in [1.807, 2.05) is 6.07 Å². The number of hydrogen-bond acceptors (Lipinski definition) is 5. The third-order valence-electron chi connectivity index (χ3n) is 4.80. The molecule has 0 saturated heterocycles. The highest BCUT2D eigenvalue weighted by Gasteiger charge is 2.29. The lowest BCUT2D eigenvalue weighted by Gasteiger charge is -2.28. The van der Waals surface area contributed by atoms with Gasteiger partial charge in [-0.2, -0.15) is 0 Å². The van der Waals surface area contributed by atoms with E-state index in [9.17, 15) is 19.1 Å². The number of ether oxygens (including phenoxy) is 2. The van der Waals surface area contributed by atoms with Crippen LogP contribution in [0.2, 0.25) is 0 Å². The Hall–Kier alpha value is -4.33. The van der Waals surface area contributed by atoms with Crippen molar-refractivity contribution in [3.8, 4) is 11.5 Å². The van der Waals surface area contributed by atoms with Crippen molar-refractivity contribution < 1.29 is 33.7 Å². The number of phenolic OH excluding ortho intramolecular Hbond substituents is 1. The predicted octanol–water partition coefficient (Wildman–Crippen LogP) is 5.69. The first-order chi connectivity index (χ1) is 16.4. The topological polar surface area (TPSA) is 105 Å². The Morgan fingerprint density at radius 2 is 1.68 bits per heavy atom.